The van der Waals surface area contributed by atoms with E-state index in [1.807, 2.05) is 4.90 Å². The van der Waals surface area contributed by atoms with Crippen LogP contribution in [0.1, 0.15) is 12.0 Å². The molecule has 0 aliphatic carbocycles. The van der Waals surface area contributed by atoms with E-state index < -0.39 is 30.5 Å². The number of hydrogen-bond acceptors (Lipinski definition) is 9. The van der Waals surface area contributed by atoms with Gasteiger partial charge in [-0.1, -0.05) is 12.1 Å². The standard InChI is InChI=1S/C23H22F3N7O4/c24-23(25,26)14-3-1-2-13(6-14)19-27-9-18-20(31-19)33(16-4-5-32(18)10-16)22(36)30-15-7-28-21(29-8-15)37-12-17(35)11-34/h1-3,6-9,16-17,34-35H,4-5,10-12H2,(H,30,36)/t16-,17-/m0/s1. The Labute approximate surface area is 208 Å². The van der Waals surface area contributed by atoms with Crippen molar-refractivity contribution in [2.75, 3.05) is 41.4 Å². The van der Waals surface area contributed by atoms with Gasteiger partial charge in [0.1, 0.15) is 12.7 Å². The number of benzene rings is 1. The first-order valence-corrected chi connectivity index (χ1v) is 11.4. The monoisotopic (exact) mass is 517 g/mol. The van der Waals surface area contributed by atoms with E-state index in [1.165, 1.54) is 35.6 Å². The van der Waals surface area contributed by atoms with E-state index in [2.05, 4.69) is 25.3 Å². The lowest BCUT2D eigenvalue weighted by molar-refractivity contribution is -0.137. The normalized spacial score (nSPS) is 17.4. The molecule has 2 atom stereocenters. The summed E-state index contributed by atoms with van der Waals surface area (Å²) in [7, 11) is 0. The minimum atomic E-state index is -4.51. The van der Waals surface area contributed by atoms with Crippen molar-refractivity contribution in [1.29, 1.82) is 0 Å². The van der Waals surface area contributed by atoms with Gasteiger partial charge in [-0.15, -0.1) is 0 Å². The quantitative estimate of drug-likeness (QED) is 0.450. The largest absolute Gasteiger partial charge is 0.461 e. The number of rotatable bonds is 6. The van der Waals surface area contributed by atoms with Crippen LogP contribution < -0.4 is 19.9 Å². The number of carbonyl (C=O) groups is 1. The Morgan fingerprint density at radius 1 is 1.22 bits per heavy atom. The number of urea groups is 1. The first kappa shape index (κ1) is 24.6. The van der Waals surface area contributed by atoms with Crippen molar-refractivity contribution in [3.8, 4) is 17.4 Å². The van der Waals surface area contributed by atoms with E-state index in [1.54, 1.807) is 0 Å². The maximum Gasteiger partial charge on any atom is 0.416 e. The molecule has 2 bridgehead atoms. The Kier molecular flexibility index (Phi) is 6.52. The molecular formula is C23H22F3N7O4. The fourth-order valence-electron chi connectivity index (χ4n) is 4.21. The molecule has 37 heavy (non-hydrogen) atoms. The SMILES string of the molecule is O=C(Nc1cnc(OC[C@@H](O)CO)nc1)N1c2nc(-c3cccc(C(F)(F)F)c3)ncc2N2CC[C@H]1C2. The van der Waals surface area contributed by atoms with Crippen LogP contribution in [0.15, 0.2) is 42.9 Å². The second kappa shape index (κ2) is 9.78. The summed E-state index contributed by atoms with van der Waals surface area (Å²) < 4.78 is 44.8. The highest BCUT2D eigenvalue weighted by atomic mass is 19.4. The third-order valence-electron chi connectivity index (χ3n) is 6.01. The van der Waals surface area contributed by atoms with Gasteiger partial charge in [0.15, 0.2) is 11.6 Å². The molecule has 3 N–H and O–H groups in total. The molecule has 2 aliphatic rings. The van der Waals surface area contributed by atoms with Crippen LogP contribution in [0.3, 0.4) is 0 Å². The summed E-state index contributed by atoms with van der Waals surface area (Å²) in [5, 5.41) is 20.9. The summed E-state index contributed by atoms with van der Waals surface area (Å²) in [6.45, 7) is 0.591. The highest BCUT2D eigenvalue weighted by molar-refractivity contribution is 6.04. The van der Waals surface area contributed by atoms with Crippen LogP contribution in [-0.4, -0.2) is 74.6 Å². The zero-order valence-electron chi connectivity index (χ0n) is 19.3. The van der Waals surface area contributed by atoms with Gasteiger partial charge in [0.05, 0.1) is 48.2 Å². The Balaban J connectivity index is 1.39. The van der Waals surface area contributed by atoms with Gasteiger partial charge in [0, 0.05) is 18.7 Å². The lowest BCUT2D eigenvalue weighted by Crippen LogP contribution is -2.48. The maximum atomic E-state index is 13.3. The third kappa shape index (κ3) is 5.11. The highest BCUT2D eigenvalue weighted by Gasteiger charge is 2.41. The number of aliphatic hydroxyl groups is 2. The van der Waals surface area contributed by atoms with Gasteiger partial charge in [-0.2, -0.15) is 13.2 Å². The van der Waals surface area contributed by atoms with Gasteiger partial charge >= 0.3 is 18.2 Å². The van der Waals surface area contributed by atoms with Crippen molar-refractivity contribution in [3.63, 3.8) is 0 Å². The summed E-state index contributed by atoms with van der Waals surface area (Å²) >= 11 is 0. The number of nitrogens with one attached hydrogen (secondary N) is 1. The molecule has 1 saturated heterocycles. The second-order valence-corrected chi connectivity index (χ2v) is 8.57. The second-order valence-electron chi connectivity index (χ2n) is 8.57. The molecule has 1 fully saturated rings. The van der Waals surface area contributed by atoms with Crippen molar-refractivity contribution in [2.24, 2.45) is 0 Å². The van der Waals surface area contributed by atoms with Crippen molar-refractivity contribution in [1.82, 2.24) is 19.9 Å². The fraction of sp³-hybridized carbons (Fsp3) is 0.348. The molecule has 1 aromatic carbocycles. The molecule has 0 saturated carbocycles. The Bertz CT molecular complexity index is 1290. The summed E-state index contributed by atoms with van der Waals surface area (Å²) in [6, 6.07) is 3.98. The number of aromatic nitrogens is 4. The molecule has 194 valence electrons. The molecule has 14 heteroatoms. The van der Waals surface area contributed by atoms with Gasteiger partial charge in [0.2, 0.25) is 0 Å². The Hall–Kier alpha value is -4.04. The van der Waals surface area contributed by atoms with Crippen molar-refractivity contribution < 1.29 is 32.9 Å². The number of hydrogen-bond donors (Lipinski definition) is 3. The number of fused-ring (bicyclic) bond motifs is 4. The third-order valence-corrected chi connectivity index (χ3v) is 6.01. The number of aliphatic hydroxyl groups excluding tert-OH is 2. The van der Waals surface area contributed by atoms with Crippen molar-refractivity contribution in [3.05, 3.63) is 48.4 Å². The molecule has 3 aromatic rings. The number of amides is 2. The zero-order chi connectivity index (χ0) is 26.2. The molecular weight excluding hydrogens is 495 g/mol. The summed E-state index contributed by atoms with van der Waals surface area (Å²) in [6.07, 6.45) is -0.732. The lowest BCUT2D eigenvalue weighted by Gasteiger charge is -2.35. The van der Waals surface area contributed by atoms with Crippen LogP contribution in [0.25, 0.3) is 11.4 Å². The van der Waals surface area contributed by atoms with Crippen LogP contribution in [0.5, 0.6) is 6.01 Å². The van der Waals surface area contributed by atoms with Crippen LogP contribution in [0.2, 0.25) is 0 Å². The minimum Gasteiger partial charge on any atom is -0.461 e. The Morgan fingerprint density at radius 3 is 2.73 bits per heavy atom. The molecule has 2 aromatic heterocycles. The van der Waals surface area contributed by atoms with Crippen LogP contribution >= 0.6 is 0 Å². The van der Waals surface area contributed by atoms with E-state index in [9.17, 15) is 23.1 Å². The summed E-state index contributed by atoms with van der Waals surface area (Å²) in [5.74, 6) is 0.368. The van der Waals surface area contributed by atoms with Gasteiger partial charge < -0.3 is 25.2 Å². The van der Waals surface area contributed by atoms with Crippen LogP contribution in [0, 0.1) is 0 Å². The van der Waals surface area contributed by atoms with E-state index in [-0.39, 0.29) is 35.7 Å². The minimum absolute atomic E-state index is 0.0429. The van der Waals surface area contributed by atoms with Crippen LogP contribution in [0.4, 0.5) is 35.2 Å². The lowest BCUT2D eigenvalue weighted by atomic mass is 10.1. The number of ether oxygens (including phenoxy) is 1. The predicted octanol–water partition coefficient (Wildman–Crippen LogP) is 2.32. The predicted molar refractivity (Wildman–Crippen MR) is 125 cm³/mol. The number of nitrogens with zero attached hydrogens (tertiary/aromatic N) is 6. The molecule has 0 radical (unpaired) electrons. The fourth-order valence-corrected chi connectivity index (χ4v) is 4.21. The van der Waals surface area contributed by atoms with E-state index in [0.717, 1.165) is 12.1 Å². The smallest absolute Gasteiger partial charge is 0.416 e. The van der Waals surface area contributed by atoms with Crippen LogP contribution in [-0.2, 0) is 6.18 Å². The first-order valence-electron chi connectivity index (χ1n) is 11.4. The van der Waals surface area contributed by atoms with E-state index in [0.29, 0.717) is 31.0 Å². The molecule has 5 rings (SSSR count). The number of anilines is 3. The molecule has 11 nitrogen and oxygen atoms in total. The average Bonchev–Trinajstić information content (AvgIpc) is 3.31. The van der Waals surface area contributed by atoms with Gasteiger partial charge in [-0.25, -0.2) is 24.7 Å². The molecule has 2 aliphatic heterocycles. The molecule has 4 heterocycles. The highest BCUT2D eigenvalue weighted by Crippen LogP contribution is 2.40. The van der Waals surface area contributed by atoms with Crippen molar-refractivity contribution >= 4 is 23.2 Å². The number of halogens is 3. The Morgan fingerprint density at radius 2 is 2.00 bits per heavy atom. The van der Waals surface area contributed by atoms with Gasteiger partial charge in [-0.3, -0.25) is 4.90 Å². The maximum absolute atomic E-state index is 13.3. The van der Waals surface area contributed by atoms with Crippen molar-refractivity contribution in [2.45, 2.75) is 24.7 Å². The van der Waals surface area contributed by atoms with Gasteiger partial charge in [-0.05, 0) is 18.6 Å². The summed E-state index contributed by atoms with van der Waals surface area (Å²) in [5.41, 5.74) is 0.250. The molecule has 0 spiro atoms. The first-order chi connectivity index (χ1) is 17.7. The zero-order valence-corrected chi connectivity index (χ0v) is 19.3. The number of carbonyl (C=O) groups excluding carboxylic acids is 1. The van der Waals surface area contributed by atoms with E-state index in [4.69, 9.17) is 9.84 Å². The topological polar surface area (TPSA) is 137 Å². The molecule has 0 unspecified atom stereocenters. The summed E-state index contributed by atoms with van der Waals surface area (Å²) in [4.78, 5) is 33.6. The van der Waals surface area contributed by atoms with Gasteiger partial charge in [0.25, 0.3) is 0 Å². The average molecular weight is 517 g/mol. The van der Waals surface area contributed by atoms with E-state index >= 15 is 0 Å². The number of alkyl halides is 3. The molecule has 2 amide bonds.